The van der Waals surface area contributed by atoms with Gasteiger partial charge in [0.15, 0.2) is 9.84 Å². The number of aromatic nitrogens is 2. The Kier molecular flexibility index (Phi) is 6.39. The topological polar surface area (TPSA) is 102 Å². The Labute approximate surface area is 173 Å². The van der Waals surface area contributed by atoms with Gasteiger partial charge in [0, 0.05) is 22.0 Å². The summed E-state index contributed by atoms with van der Waals surface area (Å²) in [6, 6.07) is 13.7. The minimum atomic E-state index is -3.31. The predicted octanol–water partition coefficient (Wildman–Crippen LogP) is 3.82. The van der Waals surface area contributed by atoms with E-state index >= 15 is 0 Å². The van der Waals surface area contributed by atoms with Crippen LogP contribution in [0.5, 0.6) is 0 Å². The van der Waals surface area contributed by atoms with Crippen molar-refractivity contribution in [2.45, 2.75) is 35.3 Å². The highest BCUT2D eigenvalue weighted by molar-refractivity contribution is 7.99. The molecule has 0 aliphatic carbocycles. The summed E-state index contributed by atoms with van der Waals surface area (Å²) in [4.78, 5) is 13.6. The molecule has 7 nitrogen and oxygen atoms in total. The summed E-state index contributed by atoms with van der Waals surface area (Å²) < 4.78 is 28.5. The van der Waals surface area contributed by atoms with E-state index in [2.05, 4.69) is 41.5 Å². The van der Waals surface area contributed by atoms with Crippen molar-refractivity contribution in [3.8, 4) is 0 Å². The highest BCUT2D eigenvalue weighted by Crippen LogP contribution is 2.23. The number of anilines is 1. The lowest BCUT2D eigenvalue weighted by atomic mass is 10.1. The number of thioether (sulfide) groups is 1. The van der Waals surface area contributed by atoms with Crippen molar-refractivity contribution >= 4 is 33.5 Å². The first-order valence-corrected chi connectivity index (χ1v) is 11.7. The van der Waals surface area contributed by atoms with Crippen LogP contribution >= 0.6 is 11.8 Å². The SMILES string of the molecule is CC(C)Sc1ccc(Cc2nnc(NC(=O)c3ccc(S(C)(=O)=O)cc3)o2)cc1. The Morgan fingerprint density at radius 2 is 1.72 bits per heavy atom. The monoisotopic (exact) mass is 431 g/mol. The van der Waals surface area contributed by atoms with Gasteiger partial charge in [-0.1, -0.05) is 31.1 Å². The average molecular weight is 432 g/mol. The molecule has 0 spiro atoms. The molecule has 0 atom stereocenters. The minimum Gasteiger partial charge on any atom is -0.407 e. The highest BCUT2D eigenvalue weighted by Gasteiger charge is 2.14. The summed E-state index contributed by atoms with van der Waals surface area (Å²) in [6.07, 6.45) is 1.57. The molecule has 1 heterocycles. The zero-order valence-corrected chi connectivity index (χ0v) is 17.9. The van der Waals surface area contributed by atoms with Gasteiger partial charge in [-0.2, -0.15) is 0 Å². The molecular formula is C20H21N3O4S2. The van der Waals surface area contributed by atoms with Crippen LogP contribution in [0.15, 0.2) is 62.7 Å². The second-order valence-corrected chi connectivity index (χ2v) is 10.4. The molecule has 0 fully saturated rings. The van der Waals surface area contributed by atoms with Crippen LogP contribution in [-0.2, 0) is 16.3 Å². The molecule has 3 rings (SSSR count). The molecular weight excluding hydrogens is 410 g/mol. The Hall–Kier alpha value is -2.65. The number of benzene rings is 2. The first kappa shape index (κ1) is 21.1. The summed E-state index contributed by atoms with van der Waals surface area (Å²) >= 11 is 1.79. The Balaban J connectivity index is 1.62. The molecule has 1 aromatic heterocycles. The fraction of sp³-hybridized carbons (Fsp3) is 0.250. The first-order chi connectivity index (χ1) is 13.7. The van der Waals surface area contributed by atoms with Gasteiger partial charge in [-0.15, -0.1) is 16.9 Å². The Morgan fingerprint density at radius 3 is 2.31 bits per heavy atom. The summed E-state index contributed by atoms with van der Waals surface area (Å²) in [6.45, 7) is 4.29. The Bertz CT molecular complexity index is 1090. The third-order valence-electron chi connectivity index (χ3n) is 3.88. The molecule has 0 saturated carbocycles. The van der Waals surface area contributed by atoms with Crippen LogP contribution in [0.1, 0.15) is 35.7 Å². The van der Waals surface area contributed by atoms with Crippen LogP contribution in [0.3, 0.4) is 0 Å². The maximum atomic E-state index is 12.3. The largest absolute Gasteiger partial charge is 0.407 e. The molecule has 29 heavy (non-hydrogen) atoms. The fourth-order valence-electron chi connectivity index (χ4n) is 2.53. The highest BCUT2D eigenvalue weighted by atomic mass is 32.2. The van der Waals surface area contributed by atoms with Gasteiger partial charge in [0.05, 0.1) is 11.3 Å². The van der Waals surface area contributed by atoms with Crippen molar-refractivity contribution in [1.29, 1.82) is 0 Å². The maximum Gasteiger partial charge on any atom is 0.322 e. The van der Waals surface area contributed by atoms with Gasteiger partial charge >= 0.3 is 6.01 Å². The van der Waals surface area contributed by atoms with E-state index in [1.54, 1.807) is 11.8 Å². The summed E-state index contributed by atoms with van der Waals surface area (Å²) in [5.41, 5.74) is 1.31. The van der Waals surface area contributed by atoms with Crippen LogP contribution in [0.25, 0.3) is 0 Å². The summed E-state index contributed by atoms with van der Waals surface area (Å²) in [7, 11) is -3.31. The molecule has 1 N–H and O–H groups in total. The molecule has 9 heteroatoms. The summed E-state index contributed by atoms with van der Waals surface area (Å²) in [5, 5.41) is 10.8. The standard InChI is InChI=1S/C20H21N3O4S2/c1-13(2)28-16-8-4-14(5-9-16)12-18-22-23-20(27-18)21-19(24)15-6-10-17(11-7-15)29(3,25)26/h4-11,13H,12H2,1-3H3,(H,21,23,24). The fourth-order valence-corrected chi connectivity index (χ4v) is 4.00. The molecule has 2 aromatic carbocycles. The number of carbonyl (C=O) groups is 1. The van der Waals surface area contributed by atoms with E-state index in [9.17, 15) is 13.2 Å². The zero-order chi connectivity index (χ0) is 21.0. The van der Waals surface area contributed by atoms with E-state index < -0.39 is 15.7 Å². The normalized spacial score (nSPS) is 11.6. The average Bonchev–Trinajstić information content (AvgIpc) is 3.09. The first-order valence-electron chi connectivity index (χ1n) is 8.90. The van der Waals surface area contributed by atoms with Crippen LogP contribution < -0.4 is 5.32 Å². The van der Waals surface area contributed by atoms with Gasteiger partial charge in [0.25, 0.3) is 5.91 Å². The summed E-state index contributed by atoms with van der Waals surface area (Å²) in [5.74, 6) is -0.0766. The van der Waals surface area contributed by atoms with E-state index in [1.165, 1.54) is 29.2 Å². The smallest absolute Gasteiger partial charge is 0.322 e. The molecule has 152 valence electrons. The molecule has 1 amide bonds. The molecule has 0 aliphatic rings. The van der Waals surface area contributed by atoms with E-state index in [0.29, 0.717) is 17.6 Å². The van der Waals surface area contributed by atoms with Crippen LogP contribution in [-0.4, -0.2) is 36.0 Å². The molecule has 0 bridgehead atoms. The van der Waals surface area contributed by atoms with Gasteiger partial charge in [-0.05, 0) is 42.0 Å². The van der Waals surface area contributed by atoms with E-state index in [-0.39, 0.29) is 16.5 Å². The van der Waals surface area contributed by atoms with Gasteiger partial charge in [0.1, 0.15) is 0 Å². The van der Waals surface area contributed by atoms with Crippen LogP contribution in [0, 0.1) is 0 Å². The van der Waals surface area contributed by atoms with Crippen LogP contribution in [0.4, 0.5) is 6.01 Å². The van der Waals surface area contributed by atoms with Crippen molar-refractivity contribution in [1.82, 2.24) is 10.2 Å². The van der Waals surface area contributed by atoms with Gasteiger partial charge in [-0.3, -0.25) is 10.1 Å². The molecule has 0 saturated heterocycles. The van der Waals surface area contributed by atoms with E-state index in [1.807, 2.05) is 12.1 Å². The zero-order valence-electron chi connectivity index (χ0n) is 16.2. The second-order valence-electron chi connectivity index (χ2n) is 6.74. The number of sulfone groups is 1. The lowest BCUT2D eigenvalue weighted by Gasteiger charge is -2.05. The molecule has 0 radical (unpaired) electrons. The number of nitrogens with zero attached hydrogens (tertiary/aromatic N) is 2. The lowest BCUT2D eigenvalue weighted by molar-refractivity contribution is 0.102. The number of carbonyl (C=O) groups excluding carboxylic acids is 1. The number of hydrogen-bond donors (Lipinski definition) is 1. The van der Waals surface area contributed by atoms with Crippen molar-refractivity contribution in [2.75, 3.05) is 11.6 Å². The third kappa shape index (κ3) is 5.91. The lowest BCUT2D eigenvalue weighted by Crippen LogP contribution is -2.12. The number of hydrogen-bond acceptors (Lipinski definition) is 7. The number of nitrogens with one attached hydrogen (secondary N) is 1. The minimum absolute atomic E-state index is 0.0100. The Morgan fingerprint density at radius 1 is 1.07 bits per heavy atom. The number of amides is 1. The van der Waals surface area contributed by atoms with Crippen molar-refractivity contribution in [2.24, 2.45) is 0 Å². The van der Waals surface area contributed by atoms with E-state index in [0.717, 1.165) is 11.8 Å². The van der Waals surface area contributed by atoms with Crippen molar-refractivity contribution < 1.29 is 17.6 Å². The van der Waals surface area contributed by atoms with Gasteiger partial charge in [-0.25, -0.2) is 8.42 Å². The van der Waals surface area contributed by atoms with Crippen molar-refractivity contribution in [3.63, 3.8) is 0 Å². The van der Waals surface area contributed by atoms with Gasteiger partial charge in [0.2, 0.25) is 5.89 Å². The molecule has 3 aromatic rings. The predicted molar refractivity (Wildman–Crippen MR) is 112 cm³/mol. The number of rotatable bonds is 7. The van der Waals surface area contributed by atoms with Crippen molar-refractivity contribution in [3.05, 3.63) is 65.5 Å². The van der Waals surface area contributed by atoms with Gasteiger partial charge < -0.3 is 4.42 Å². The van der Waals surface area contributed by atoms with Crippen LogP contribution in [0.2, 0.25) is 0 Å². The maximum absolute atomic E-state index is 12.3. The van der Waals surface area contributed by atoms with E-state index in [4.69, 9.17) is 4.42 Å². The third-order valence-corrected chi connectivity index (χ3v) is 6.03. The molecule has 0 aliphatic heterocycles. The molecule has 0 unspecified atom stereocenters. The quantitative estimate of drug-likeness (QED) is 0.567. The second kappa shape index (κ2) is 8.79.